The van der Waals surface area contributed by atoms with E-state index in [1.54, 1.807) is 61.5 Å². The van der Waals surface area contributed by atoms with Crippen LogP contribution in [0.3, 0.4) is 0 Å². The molecule has 0 aliphatic rings. The summed E-state index contributed by atoms with van der Waals surface area (Å²) < 4.78 is 112. The van der Waals surface area contributed by atoms with Crippen molar-refractivity contribution in [2.45, 2.75) is 52.1 Å². The number of sulfone groups is 1. The molecule has 0 aliphatic carbocycles. The second-order valence-electron chi connectivity index (χ2n) is 17.4. The molecule has 0 bridgehead atoms. The molecule has 24 heteroatoms. The zero-order valence-corrected chi connectivity index (χ0v) is 42.8. The summed E-state index contributed by atoms with van der Waals surface area (Å²) in [5.74, 6) is -0.109. The van der Waals surface area contributed by atoms with Gasteiger partial charge in [-0.3, -0.25) is 27.9 Å². The van der Waals surface area contributed by atoms with Crippen LogP contribution in [0.1, 0.15) is 48.4 Å². The van der Waals surface area contributed by atoms with Gasteiger partial charge in [-0.15, -0.1) is 0 Å². The highest BCUT2D eigenvalue weighted by molar-refractivity contribution is 7.98. The molecule has 0 saturated heterocycles. The number of hydrogen-bond donors (Lipinski definition) is 0. The van der Waals surface area contributed by atoms with Crippen LogP contribution in [0.5, 0.6) is 0 Å². The fourth-order valence-electron chi connectivity index (χ4n) is 8.63. The van der Waals surface area contributed by atoms with Crippen LogP contribution in [0.4, 0.5) is 37.7 Å². The van der Waals surface area contributed by atoms with Gasteiger partial charge in [0.25, 0.3) is 11.1 Å². The highest BCUT2D eigenvalue weighted by Crippen LogP contribution is 2.33. The molecule has 0 saturated carbocycles. The van der Waals surface area contributed by atoms with E-state index in [4.69, 9.17) is 13.1 Å². The van der Waals surface area contributed by atoms with Gasteiger partial charge in [0.1, 0.15) is 9.84 Å². The number of benzene rings is 4. The first-order chi connectivity index (χ1) is 35.8. The Morgan fingerprint density at radius 2 is 0.974 bits per heavy atom. The van der Waals surface area contributed by atoms with Crippen molar-refractivity contribution in [1.82, 2.24) is 37.8 Å². The Morgan fingerprint density at radius 3 is 1.32 bits per heavy atom. The number of hydrogen-bond acceptors (Lipinski definition) is 9. The molecule has 4 aromatic heterocycles. The first-order valence-corrected chi connectivity index (χ1v) is 26.1. The number of rotatable bonds is 12. The van der Waals surface area contributed by atoms with E-state index < -0.39 is 73.7 Å². The minimum atomic E-state index is -4.69. The molecule has 0 N–H and O–H groups in total. The second-order valence-corrected chi connectivity index (χ2v) is 20.5. The minimum absolute atomic E-state index is 0.00356. The van der Waals surface area contributed by atoms with E-state index in [1.807, 2.05) is 6.26 Å². The third kappa shape index (κ3) is 11.3. The lowest BCUT2D eigenvalue weighted by molar-refractivity contribution is -0.138. The monoisotopic (exact) mass is 1080 g/mol. The van der Waals surface area contributed by atoms with E-state index in [2.05, 4.69) is 19.9 Å². The summed E-state index contributed by atoms with van der Waals surface area (Å²) in [4.78, 5) is 61.6. The maximum absolute atomic E-state index is 13.8. The third-order valence-corrected chi connectivity index (χ3v) is 13.9. The van der Waals surface area contributed by atoms with Crippen LogP contribution in [0, 0.1) is 27.0 Å². The Kier molecular flexibility index (Phi) is 15.8. The standard InChI is InChI=1S/C26H22F3N5O4S.C26H22F3N5O2S/c1-16(15-39(4,37)38)32-24(35)23(22-12-13-31-34(22)20-10-8-19(30-3)9-11-20)17(2)33(25(32)36)21-7-5-6-18(14-21)26(27,28)29;1-16(15-37-4)32-24(35)23(22-12-13-31-34(22)20-10-8-19(30-3)9-11-20)17(2)33(25(32)36)21-7-5-6-18(14-21)26(27,28)29/h5-14,16H,15H2,1-2,4H3;5-14,16H,15H2,1-2,4H3/t2*16-/m11/s1. The fraction of sp³-hybridized carbons (Fsp3) is 0.231. The van der Waals surface area contributed by atoms with E-state index in [-0.39, 0.29) is 39.6 Å². The maximum atomic E-state index is 13.8. The highest BCUT2D eigenvalue weighted by atomic mass is 32.2. The van der Waals surface area contributed by atoms with Gasteiger partial charge >= 0.3 is 23.7 Å². The van der Waals surface area contributed by atoms with Crippen molar-refractivity contribution in [3.63, 3.8) is 0 Å². The Balaban J connectivity index is 0.000000221. The predicted octanol–water partition coefficient (Wildman–Crippen LogP) is 9.99. The minimum Gasteiger partial charge on any atom is -0.268 e. The van der Waals surface area contributed by atoms with E-state index >= 15 is 0 Å². The molecule has 0 unspecified atom stereocenters. The average Bonchev–Trinajstić information content (AvgIpc) is 4.04. The van der Waals surface area contributed by atoms with Gasteiger partial charge in [0.05, 0.1) is 93.7 Å². The lowest BCUT2D eigenvalue weighted by atomic mass is 10.1. The summed E-state index contributed by atoms with van der Waals surface area (Å²) in [7, 11) is -3.64. The quantitative estimate of drug-likeness (QED) is 0.0855. The average molecular weight is 1080 g/mol. The molecule has 0 spiro atoms. The highest BCUT2D eigenvalue weighted by Gasteiger charge is 2.33. The normalized spacial score (nSPS) is 12.6. The molecule has 0 amide bonds. The lowest BCUT2D eigenvalue weighted by Crippen LogP contribution is -2.44. The summed E-state index contributed by atoms with van der Waals surface area (Å²) in [6.45, 7) is 20.3. The van der Waals surface area contributed by atoms with Gasteiger partial charge in [-0.1, -0.05) is 36.4 Å². The van der Waals surface area contributed by atoms with Crippen LogP contribution in [0.25, 0.3) is 55.0 Å². The fourth-order valence-corrected chi connectivity index (χ4v) is 10.3. The molecule has 8 aromatic rings. The smallest absolute Gasteiger partial charge is 0.268 e. The third-order valence-electron chi connectivity index (χ3n) is 12.0. The van der Waals surface area contributed by atoms with Gasteiger partial charge < -0.3 is 0 Å². The summed E-state index contributed by atoms with van der Waals surface area (Å²) in [5.41, 5.74) is -2.41. The van der Waals surface area contributed by atoms with E-state index in [0.29, 0.717) is 34.2 Å². The molecular formula is C52H44F6N10O6S2. The maximum Gasteiger partial charge on any atom is 0.416 e. The number of halogens is 6. The Hall–Kier alpha value is -8.48. The van der Waals surface area contributed by atoms with Crippen LogP contribution in [0.2, 0.25) is 0 Å². The summed E-state index contributed by atoms with van der Waals surface area (Å²) in [6.07, 6.45) is -3.61. The number of alkyl halides is 6. The predicted molar refractivity (Wildman–Crippen MR) is 277 cm³/mol. The van der Waals surface area contributed by atoms with E-state index in [9.17, 15) is 53.9 Å². The zero-order chi connectivity index (χ0) is 55.6. The first kappa shape index (κ1) is 55.3. The molecule has 76 heavy (non-hydrogen) atoms. The number of thioether (sulfide) groups is 1. The Bertz CT molecular complexity index is 3950. The van der Waals surface area contributed by atoms with Crippen LogP contribution in [-0.2, 0) is 22.2 Å². The van der Waals surface area contributed by atoms with Crippen molar-refractivity contribution in [3.05, 3.63) is 209 Å². The molecule has 0 radical (unpaired) electrons. The number of nitrogens with zero attached hydrogens (tertiary/aromatic N) is 10. The van der Waals surface area contributed by atoms with Crippen LogP contribution in [0.15, 0.2) is 141 Å². The molecule has 0 fully saturated rings. The molecule has 4 heterocycles. The topological polar surface area (TPSA) is 166 Å². The Morgan fingerprint density at radius 1 is 0.592 bits per heavy atom. The summed E-state index contributed by atoms with van der Waals surface area (Å²) in [6, 6.07) is 22.9. The van der Waals surface area contributed by atoms with Crippen molar-refractivity contribution < 1.29 is 34.8 Å². The van der Waals surface area contributed by atoms with E-state index in [1.165, 1.54) is 78.6 Å². The first-order valence-electron chi connectivity index (χ1n) is 22.6. The molecular weight excluding hydrogens is 1040 g/mol. The van der Waals surface area contributed by atoms with Gasteiger partial charge in [-0.25, -0.2) is 37.1 Å². The van der Waals surface area contributed by atoms with Crippen LogP contribution in [-0.4, -0.2) is 70.3 Å². The van der Waals surface area contributed by atoms with Gasteiger partial charge in [-0.05, 0) is 107 Å². The van der Waals surface area contributed by atoms with Gasteiger partial charge in [0, 0.05) is 29.4 Å². The molecule has 16 nitrogen and oxygen atoms in total. The molecule has 8 rings (SSSR count). The molecule has 392 valence electrons. The van der Waals surface area contributed by atoms with Crippen molar-refractivity contribution in [1.29, 1.82) is 0 Å². The molecule has 0 aliphatic heterocycles. The SMILES string of the molecule is [C-]#[N+]c1ccc(-n2nccc2-c2c(C)n(-c3cccc(C(F)(F)F)c3)c(=O)n([C@H](C)CS(C)(=O)=O)c2=O)cc1.[C-]#[N+]c1ccc(-n2nccc2-c2c(C)n(-c3cccc(C(F)(F)F)c3)c(=O)n([C@H](C)CSC)c2=O)cc1. The number of aromatic nitrogens is 8. The summed E-state index contributed by atoms with van der Waals surface area (Å²) >= 11 is 1.44. The second kappa shape index (κ2) is 21.8. The Labute approximate surface area is 433 Å². The van der Waals surface area contributed by atoms with Crippen molar-refractivity contribution in [3.8, 4) is 45.3 Å². The van der Waals surface area contributed by atoms with Crippen LogP contribution >= 0.6 is 11.8 Å². The van der Waals surface area contributed by atoms with Gasteiger partial charge in [-0.2, -0.15) is 48.3 Å². The molecule has 2 atom stereocenters. The van der Waals surface area contributed by atoms with Crippen LogP contribution < -0.4 is 22.5 Å². The van der Waals surface area contributed by atoms with Crippen molar-refractivity contribution in [2.75, 3.05) is 24.0 Å². The summed E-state index contributed by atoms with van der Waals surface area (Å²) in [5, 5.41) is 8.60. The largest absolute Gasteiger partial charge is 0.416 e. The lowest BCUT2D eigenvalue weighted by Gasteiger charge is -2.21. The molecule has 4 aromatic carbocycles. The zero-order valence-electron chi connectivity index (χ0n) is 41.1. The van der Waals surface area contributed by atoms with Crippen molar-refractivity contribution in [2.24, 2.45) is 0 Å². The van der Waals surface area contributed by atoms with Gasteiger partial charge in [0.15, 0.2) is 11.4 Å². The van der Waals surface area contributed by atoms with Crippen molar-refractivity contribution >= 4 is 33.0 Å². The van der Waals surface area contributed by atoms with Gasteiger partial charge in [0.2, 0.25) is 0 Å². The van der Waals surface area contributed by atoms with E-state index in [0.717, 1.165) is 54.9 Å².